The summed E-state index contributed by atoms with van der Waals surface area (Å²) < 4.78 is 14.0. The fourth-order valence-corrected chi connectivity index (χ4v) is 4.38. The van der Waals surface area contributed by atoms with Crippen LogP contribution in [-0.2, 0) is 19.4 Å². The van der Waals surface area contributed by atoms with E-state index in [0.29, 0.717) is 47.1 Å². The maximum absolute atomic E-state index is 13.2. The Morgan fingerprint density at radius 1 is 0.971 bits per heavy atom. The molecule has 178 valence electrons. The van der Waals surface area contributed by atoms with Crippen LogP contribution >= 0.6 is 11.6 Å². The molecule has 9 heteroatoms. The highest BCUT2D eigenvalue weighted by Gasteiger charge is 2.19. The Morgan fingerprint density at radius 3 is 2.46 bits per heavy atom. The number of methoxy groups -OCH3 is 2. The molecule has 2 aromatic carbocycles. The molecule has 5 aromatic rings. The van der Waals surface area contributed by atoms with Crippen LogP contribution in [0.1, 0.15) is 18.2 Å². The molecule has 3 heterocycles. The van der Waals surface area contributed by atoms with Gasteiger partial charge in [-0.1, -0.05) is 36.7 Å². The van der Waals surface area contributed by atoms with Gasteiger partial charge in [-0.3, -0.25) is 4.79 Å². The molecular formula is C26H24ClN5O3. The van der Waals surface area contributed by atoms with Crippen molar-refractivity contribution in [1.82, 2.24) is 24.4 Å². The maximum Gasteiger partial charge on any atom is 0.280 e. The highest BCUT2D eigenvalue weighted by Crippen LogP contribution is 2.30. The summed E-state index contributed by atoms with van der Waals surface area (Å²) in [6, 6.07) is 15.2. The lowest BCUT2D eigenvalue weighted by Gasteiger charge is -2.11. The molecular weight excluding hydrogens is 466 g/mol. The molecule has 0 bridgehead atoms. The summed E-state index contributed by atoms with van der Waals surface area (Å²) in [5.41, 5.74) is 5.07. The molecule has 0 fully saturated rings. The van der Waals surface area contributed by atoms with Crippen LogP contribution in [0.2, 0.25) is 5.02 Å². The first kappa shape index (κ1) is 22.9. The Labute approximate surface area is 206 Å². The summed E-state index contributed by atoms with van der Waals surface area (Å²) in [5, 5.41) is 14.2. The van der Waals surface area contributed by atoms with Crippen molar-refractivity contribution in [2.75, 3.05) is 14.2 Å². The molecule has 0 aliphatic heterocycles. The van der Waals surface area contributed by atoms with Crippen LogP contribution in [-0.4, -0.2) is 38.6 Å². The van der Waals surface area contributed by atoms with E-state index < -0.39 is 0 Å². The number of hydrogen-bond donors (Lipinski definition) is 0. The average molecular weight is 490 g/mol. The zero-order chi connectivity index (χ0) is 24.5. The van der Waals surface area contributed by atoms with E-state index in [0.717, 1.165) is 22.4 Å². The maximum atomic E-state index is 13.2. The quantitative estimate of drug-likeness (QED) is 0.332. The summed E-state index contributed by atoms with van der Waals surface area (Å²) in [4.78, 5) is 13.2. The van der Waals surface area contributed by atoms with Gasteiger partial charge in [0.15, 0.2) is 22.7 Å². The van der Waals surface area contributed by atoms with Crippen LogP contribution in [0.15, 0.2) is 59.5 Å². The molecule has 0 N–H and O–H groups in total. The van der Waals surface area contributed by atoms with E-state index in [1.54, 1.807) is 29.5 Å². The van der Waals surface area contributed by atoms with E-state index in [-0.39, 0.29) is 11.1 Å². The lowest BCUT2D eigenvalue weighted by Crippen LogP contribution is -2.22. The van der Waals surface area contributed by atoms with E-state index >= 15 is 0 Å². The smallest absolute Gasteiger partial charge is 0.280 e. The first-order chi connectivity index (χ1) is 17.0. The minimum Gasteiger partial charge on any atom is -0.493 e. The van der Waals surface area contributed by atoms with Gasteiger partial charge >= 0.3 is 0 Å². The van der Waals surface area contributed by atoms with Gasteiger partial charge in [0.25, 0.3) is 5.56 Å². The number of hydrogen-bond acceptors (Lipinski definition) is 6. The number of aryl methyl sites for hydroxylation is 3. The standard InChI is InChI=1S/C26H24ClN5O3/c1-4-19-23(17-6-8-18(27)9-7-17)25-29-28-24-20(32(25)30-19)12-14-31(26(24)33)13-11-16-5-10-21(34-2)22(15-16)35-3/h5-10,12,14-15H,4,11,13H2,1-3H3. The Hall–Kier alpha value is -3.91. The van der Waals surface area contributed by atoms with Crippen LogP contribution in [0.5, 0.6) is 11.5 Å². The fraction of sp³-hybridized carbons (Fsp3) is 0.231. The first-order valence-corrected chi connectivity index (χ1v) is 11.7. The first-order valence-electron chi connectivity index (χ1n) is 11.3. The normalized spacial score (nSPS) is 11.3. The molecule has 0 saturated heterocycles. The van der Waals surface area contributed by atoms with E-state index in [9.17, 15) is 4.79 Å². The molecule has 0 radical (unpaired) electrons. The average Bonchev–Trinajstić information content (AvgIpc) is 3.27. The second kappa shape index (κ2) is 9.38. The van der Waals surface area contributed by atoms with Gasteiger partial charge in [0.1, 0.15) is 5.52 Å². The number of aromatic nitrogens is 5. The van der Waals surface area contributed by atoms with Gasteiger partial charge in [0.05, 0.1) is 25.5 Å². The number of nitrogens with zero attached hydrogens (tertiary/aromatic N) is 5. The van der Waals surface area contributed by atoms with Crippen molar-refractivity contribution in [2.24, 2.45) is 0 Å². The highest BCUT2D eigenvalue weighted by molar-refractivity contribution is 6.30. The number of rotatable bonds is 7. The highest BCUT2D eigenvalue weighted by atomic mass is 35.5. The minimum absolute atomic E-state index is 0.209. The van der Waals surface area contributed by atoms with Gasteiger partial charge in [-0.15, -0.1) is 10.2 Å². The Kier molecular flexibility index (Phi) is 6.13. The number of benzene rings is 2. The summed E-state index contributed by atoms with van der Waals surface area (Å²) in [7, 11) is 3.21. The van der Waals surface area contributed by atoms with Gasteiger partial charge in [0, 0.05) is 17.8 Å². The van der Waals surface area contributed by atoms with Gasteiger partial charge in [-0.05, 0) is 54.3 Å². The number of halogens is 1. The predicted molar refractivity (Wildman–Crippen MR) is 136 cm³/mol. The zero-order valence-corrected chi connectivity index (χ0v) is 20.4. The van der Waals surface area contributed by atoms with Crippen LogP contribution in [0.3, 0.4) is 0 Å². The predicted octanol–water partition coefficient (Wildman–Crippen LogP) is 4.58. The zero-order valence-electron chi connectivity index (χ0n) is 19.7. The number of fused-ring (bicyclic) bond motifs is 3. The van der Waals surface area contributed by atoms with E-state index in [1.165, 1.54) is 0 Å². The van der Waals surface area contributed by atoms with Crippen molar-refractivity contribution in [2.45, 2.75) is 26.3 Å². The Bertz CT molecular complexity index is 1590. The molecule has 0 amide bonds. The van der Waals surface area contributed by atoms with Crippen LogP contribution in [0.25, 0.3) is 27.8 Å². The largest absolute Gasteiger partial charge is 0.493 e. The molecule has 0 aliphatic rings. The fourth-order valence-electron chi connectivity index (χ4n) is 4.25. The van der Waals surface area contributed by atoms with Crippen LogP contribution in [0.4, 0.5) is 0 Å². The van der Waals surface area contributed by atoms with E-state index in [1.807, 2.05) is 55.5 Å². The molecule has 0 atom stereocenters. The van der Waals surface area contributed by atoms with Crippen LogP contribution < -0.4 is 15.0 Å². The molecule has 0 unspecified atom stereocenters. The van der Waals surface area contributed by atoms with E-state index in [4.69, 9.17) is 26.2 Å². The Balaban J connectivity index is 1.53. The third-order valence-corrected chi connectivity index (χ3v) is 6.33. The molecule has 0 aliphatic carbocycles. The number of ether oxygens (including phenoxy) is 2. The molecule has 35 heavy (non-hydrogen) atoms. The topological polar surface area (TPSA) is 83.5 Å². The summed E-state index contributed by atoms with van der Waals surface area (Å²) >= 11 is 6.07. The van der Waals surface area contributed by atoms with E-state index in [2.05, 4.69) is 10.2 Å². The monoisotopic (exact) mass is 489 g/mol. The van der Waals surface area contributed by atoms with Crippen molar-refractivity contribution >= 4 is 28.3 Å². The van der Waals surface area contributed by atoms with Crippen molar-refractivity contribution in [3.05, 3.63) is 81.4 Å². The Morgan fingerprint density at radius 2 is 1.74 bits per heavy atom. The van der Waals surface area contributed by atoms with Crippen molar-refractivity contribution < 1.29 is 9.47 Å². The van der Waals surface area contributed by atoms with Crippen molar-refractivity contribution in [3.8, 4) is 22.6 Å². The third-order valence-electron chi connectivity index (χ3n) is 6.08. The SMILES string of the molecule is CCc1nn2c(nnc3c(=O)n(CCc4ccc(OC)c(OC)c4)ccc32)c1-c1ccc(Cl)cc1. The lowest BCUT2D eigenvalue weighted by atomic mass is 10.0. The van der Waals surface area contributed by atoms with Gasteiger partial charge in [-0.2, -0.15) is 5.10 Å². The van der Waals surface area contributed by atoms with Gasteiger partial charge in [-0.25, -0.2) is 4.52 Å². The van der Waals surface area contributed by atoms with Crippen molar-refractivity contribution in [1.29, 1.82) is 0 Å². The number of pyridine rings is 1. The van der Waals surface area contributed by atoms with Crippen LogP contribution in [0, 0.1) is 0 Å². The molecule has 3 aromatic heterocycles. The molecule has 8 nitrogen and oxygen atoms in total. The second-order valence-electron chi connectivity index (χ2n) is 8.11. The summed E-state index contributed by atoms with van der Waals surface area (Å²) in [5.74, 6) is 1.33. The summed E-state index contributed by atoms with van der Waals surface area (Å²) in [6.07, 6.45) is 3.14. The second-order valence-corrected chi connectivity index (χ2v) is 8.54. The lowest BCUT2D eigenvalue weighted by molar-refractivity contribution is 0.354. The molecule has 5 rings (SSSR count). The van der Waals surface area contributed by atoms with Crippen molar-refractivity contribution in [3.63, 3.8) is 0 Å². The summed E-state index contributed by atoms with van der Waals surface area (Å²) in [6.45, 7) is 2.53. The van der Waals surface area contributed by atoms with Gasteiger partial charge < -0.3 is 14.0 Å². The molecule has 0 spiro atoms. The molecule has 0 saturated carbocycles. The van der Waals surface area contributed by atoms with Gasteiger partial charge in [0.2, 0.25) is 0 Å². The third kappa shape index (κ3) is 4.10. The minimum atomic E-state index is -0.209.